The van der Waals surface area contributed by atoms with Gasteiger partial charge >= 0.3 is 0 Å². The third-order valence-corrected chi connectivity index (χ3v) is 3.25. The van der Waals surface area contributed by atoms with E-state index < -0.39 is 0 Å². The van der Waals surface area contributed by atoms with Crippen LogP contribution in [0.4, 0.5) is 5.69 Å². The number of hydrogen-bond acceptors (Lipinski definition) is 3. The van der Waals surface area contributed by atoms with Crippen molar-refractivity contribution in [1.29, 1.82) is 0 Å². The van der Waals surface area contributed by atoms with E-state index in [1.54, 1.807) is 6.20 Å². The van der Waals surface area contributed by atoms with Crippen LogP contribution < -0.4 is 10.9 Å². The molecule has 1 aliphatic carbocycles. The molecule has 1 heterocycles. The third-order valence-electron chi connectivity index (χ3n) is 2.89. The van der Waals surface area contributed by atoms with E-state index in [2.05, 4.69) is 10.4 Å². The molecule has 88 valence electrons. The molecule has 0 aliphatic heterocycles. The van der Waals surface area contributed by atoms with Gasteiger partial charge in [0, 0.05) is 12.6 Å². The minimum absolute atomic E-state index is 0.201. The number of aromatic nitrogens is 2. The second kappa shape index (κ2) is 4.87. The lowest BCUT2D eigenvalue weighted by molar-refractivity contribution is 0.445. The van der Waals surface area contributed by atoms with Crippen LogP contribution in [0.5, 0.6) is 0 Å². The van der Waals surface area contributed by atoms with Crippen LogP contribution in [0.15, 0.2) is 11.0 Å². The van der Waals surface area contributed by atoms with E-state index >= 15 is 0 Å². The van der Waals surface area contributed by atoms with Gasteiger partial charge in [0.05, 0.1) is 11.9 Å². The molecular formula is C11H16ClN3O. The van der Waals surface area contributed by atoms with Gasteiger partial charge in [-0.15, -0.1) is 0 Å². The number of hydrogen-bond donors (Lipinski definition) is 1. The predicted octanol–water partition coefficient (Wildman–Crippen LogP) is 2.27. The van der Waals surface area contributed by atoms with Crippen LogP contribution in [0.1, 0.15) is 32.6 Å². The molecule has 2 rings (SSSR count). The number of aryl methyl sites for hydroxylation is 1. The maximum Gasteiger partial charge on any atom is 0.287 e. The van der Waals surface area contributed by atoms with E-state index in [9.17, 15) is 4.79 Å². The second-order valence-corrected chi connectivity index (χ2v) is 4.55. The summed E-state index contributed by atoms with van der Waals surface area (Å²) in [6.07, 6.45) is 6.06. The summed E-state index contributed by atoms with van der Waals surface area (Å²) < 4.78 is 1.41. The summed E-state index contributed by atoms with van der Waals surface area (Å²) in [5.41, 5.74) is 0.469. The maximum atomic E-state index is 11.8. The van der Waals surface area contributed by atoms with Gasteiger partial charge in [-0.3, -0.25) is 4.79 Å². The Morgan fingerprint density at radius 1 is 1.62 bits per heavy atom. The monoisotopic (exact) mass is 241 g/mol. The Morgan fingerprint density at radius 2 is 2.38 bits per heavy atom. The van der Waals surface area contributed by atoms with E-state index in [0.29, 0.717) is 18.3 Å². The molecule has 0 atom stereocenters. The number of nitrogens with zero attached hydrogens (tertiary/aromatic N) is 2. The number of nitrogens with one attached hydrogen (secondary N) is 1. The average Bonchev–Trinajstić information content (AvgIpc) is 2.21. The van der Waals surface area contributed by atoms with Gasteiger partial charge in [-0.1, -0.05) is 18.5 Å². The molecule has 0 unspecified atom stereocenters. The van der Waals surface area contributed by atoms with Crippen molar-refractivity contribution in [2.45, 2.75) is 45.2 Å². The molecular weight excluding hydrogens is 226 g/mol. The van der Waals surface area contributed by atoms with Crippen LogP contribution in [0.3, 0.4) is 0 Å². The number of rotatable bonds is 4. The SMILES string of the molecule is CCCn1ncc(NC2CCC2)c(Cl)c1=O. The molecule has 0 saturated heterocycles. The normalized spacial score (nSPS) is 15.9. The van der Waals surface area contributed by atoms with Crippen LogP contribution in [0, 0.1) is 0 Å². The Labute approximate surface area is 99.6 Å². The largest absolute Gasteiger partial charge is 0.380 e. The van der Waals surface area contributed by atoms with Crippen molar-refractivity contribution in [2.75, 3.05) is 5.32 Å². The van der Waals surface area contributed by atoms with Gasteiger partial charge in [-0.2, -0.15) is 5.10 Å². The quantitative estimate of drug-likeness (QED) is 0.880. The summed E-state index contributed by atoms with van der Waals surface area (Å²) in [7, 11) is 0. The average molecular weight is 242 g/mol. The van der Waals surface area contributed by atoms with Crippen molar-refractivity contribution in [3.63, 3.8) is 0 Å². The fourth-order valence-corrected chi connectivity index (χ4v) is 1.91. The number of anilines is 1. The molecule has 4 nitrogen and oxygen atoms in total. The third kappa shape index (κ3) is 2.21. The molecule has 1 N–H and O–H groups in total. The molecule has 1 aliphatic rings. The van der Waals surface area contributed by atoms with Crippen molar-refractivity contribution < 1.29 is 0 Å². The smallest absolute Gasteiger partial charge is 0.287 e. The minimum atomic E-state index is -0.201. The minimum Gasteiger partial charge on any atom is -0.380 e. The molecule has 1 aromatic rings. The van der Waals surface area contributed by atoms with Gasteiger partial charge in [-0.25, -0.2) is 4.68 Å². The van der Waals surface area contributed by atoms with Crippen LogP contribution in [-0.4, -0.2) is 15.8 Å². The van der Waals surface area contributed by atoms with Gasteiger partial charge in [0.1, 0.15) is 5.02 Å². The second-order valence-electron chi connectivity index (χ2n) is 4.17. The molecule has 0 amide bonds. The highest BCUT2D eigenvalue weighted by Crippen LogP contribution is 2.25. The highest BCUT2D eigenvalue weighted by molar-refractivity contribution is 6.32. The van der Waals surface area contributed by atoms with Gasteiger partial charge in [0.2, 0.25) is 0 Å². The highest BCUT2D eigenvalue weighted by atomic mass is 35.5. The van der Waals surface area contributed by atoms with Crippen molar-refractivity contribution in [3.8, 4) is 0 Å². The Bertz CT molecular complexity index is 426. The molecule has 0 bridgehead atoms. The molecule has 0 spiro atoms. The topological polar surface area (TPSA) is 46.9 Å². The number of halogens is 1. The molecule has 1 fully saturated rings. The summed E-state index contributed by atoms with van der Waals surface area (Å²) in [4.78, 5) is 11.8. The van der Waals surface area contributed by atoms with Crippen molar-refractivity contribution in [2.24, 2.45) is 0 Å². The summed E-state index contributed by atoms with van der Waals surface area (Å²) >= 11 is 6.02. The van der Waals surface area contributed by atoms with Crippen molar-refractivity contribution >= 4 is 17.3 Å². The highest BCUT2D eigenvalue weighted by Gasteiger charge is 2.19. The van der Waals surface area contributed by atoms with E-state index in [-0.39, 0.29) is 10.6 Å². The molecule has 0 aromatic carbocycles. The molecule has 0 radical (unpaired) electrons. The first-order chi connectivity index (χ1) is 7.72. The van der Waals surface area contributed by atoms with E-state index in [1.165, 1.54) is 11.1 Å². The molecule has 1 aromatic heterocycles. The lowest BCUT2D eigenvalue weighted by Crippen LogP contribution is -2.30. The summed E-state index contributed by atoms with van der Waals surface area (Å²) in [6.45, 7) is 2.62. The predicted molar refractivity (Wildman–Crippen MR) is 65.1 cm³/mol. The van der Waals surface area contributed by atoms with Gasteiger partial charge < -0.3 is 5.32 Å². The van der Waals surface area contributed by atoms with E-state index in [1.807, 2.05) is 6.92 Å². The first kappa shape index (κ1) is 11.5. The summed E-state index contributed by atoms with van der Waals surface area (Å²) in [5.74, 6) is 0. The van der Waals surface area contributed by atoms with Crippen molar-refractivity contribution in [1.82, 2.24) is 9.78 Å². The lowest BCUT2D eigenvalue weighted by atomic mass is 9.93. The zero-order valence-electron chi connectivity index (χ0n) is 9.37. The lowest BCUT2D eigenvalue weighted by Gasteiger charge is -2.27. The van der Waals surface area contributed by atoms with Gasteiger partial charge in [0.15, 0.2) is 0 Å². The zero-order valence-corrected chi connectivity index (χ0v) is 10.1. The molecule has 5 heteroatoms. The Balaban J connectivity index is 2.20. The fourth-order valence-electron chi connectivity index (χ4n) is 1.71. The first-order valence-corrected chi connectivity index (χ1v) is 6.12. The van der Waals surface area contributed by atoms with Crippen LogP contribution in [-0.2, 0) is 6.54 Å². The Morgan fingerprint density at radius 3 is 2.94 bits per heavy atom. The summed E-state index contributed by atoms with van der Waals surface area (Å²) in [6, 6.07) is 0.459. The van der Waals surface area contributed by atoms with Crippen LogP contribution in [0.2, 0.25) is 5.02 Å². The zero-order chi connectivity index (χ0) is 11.5. The standard InChI is InChI=1S/C11H16ClN3O/c1-2-6-15-11(16)10(12)9(7-13-15)14-8-4-3-5-8/h7-8,14H,2-6H2,1H3. The maximum absolute atomic E-state index is 11.8. The van der Waals surface area contributed by atoms with Crippen LogP contribution >= 0.6 is 11.6 Å². The van der Waals surface area contributed by atoms with Gasteiger partial charge in [0.25, 0.3) is 5.56 Å². The van der Waals surface area contributed by atoms with E-state index in [4.69, 9.17) is 11.6 Å². The van der Waals surface area contributed by atoms with E-state index in [0.717, 1.165) is 19.3 Å². The fraction of sp³-hybridized carbons (Fsp3) is 0.636. The Kier molecular flexibility index (Phi) is 3.49. The van der Waals surface area contributed by atoms with Gasteiger partial charge in [-0.05, 0) is 25.7 Å². The van der Waals surface area contributed by atoms with Crippen LogP contribution in [0.25, 0.3) is 0 Å². The Hall–Kier alpha value is -1.03. The first-order valence-electron chi connectivity index (χ1n) is 5.74. The summed E-state index contributed by atoms with van der Waals surface area (Å²) in [5, 5.41) is 7.61. The van der Waals surface area contributed by atoms with Crippen molar-refractivity contribution in [3.05, 3.63) is 21.6 Å². The molecule has 16 heavy (non-hydrogen) atoms. The molecule has 1 saturated carbocycles.